The van der Waals surface area contributed by atoms with Gasteiger partial charge in [-0.2, -0.15) is 0 Å². The number of aryl methyl sites for hydroxylation is 1. The zero-order valence-electron chi connectivity index (χ0n) is 11.8. The molecule has 1 aromatic rings. The molecule has 0 aliphatic heterocycles. The maximum atomic E-state index is 5.45. The van der Waals surface area contributed by atoms with E-state index in [1.54, 1.807) is 7.11 Å². The molecule has 1 unspecified atom stereocenters. The fourth-order valence-electron chi connectivity index (χ4n) is 3.10. The Kier molecular flexibility index (Phi) is 4.65. The Bertz CT molecular complexity index is 383. The number of ether oxygens (including phenoxy) is 1. The van der Waals surface area contributed by atoms with E-state index in [0.717, 1.165) is 18.2 Å². The second-order valence-electron chi connectivity index (χ2n) is 5.31. The molecule has 2 rings (SSSR count). The summed E-state index contributed by atoms with van der Waals surface area (Å²) >= 11 is 0. The van der Waals surface area contributed by atoms with Crippen LogP contribution >= 0.6 is 0 Å². The van der Waals surface area contributed by atoms with Gasteiger partial charge in [-0.1, -0.05) is 31.9 Å². The van der Waals surface area contributed by atoms with Crippen molar-refractivity contribution in [1.82, 2.24) is 5.32 Å². The average molecular weight is 247 g/mol. The molecule has 0 aromatic heterocycles. The number of rotatable bonds is 5. The lowest BCUT2D eigenvalue weighted by Crippen LogP contribution is -2.27. The van der Waals surface area contributed by atoms with Crippen molar-refractivity contribution in [2.45, 2.75) is 45.6 Å². The van der Waals surface area contributed by atoms with E-state index in [-0.39, 0.29) is 0 Å². The first-order valence-corrected chi connectivity index (χ1v) is 7.14. The van der Waals surface area contributed by atoms with Crippen LogP contribution in [0.2, 0.25) is 0 Å². The Morgan fingerprint density at radius 3 is 2.67 bits per heavy atom. The lowest BCUT2D eigenvalue weighted by atomic mass is 9.91. The Morgan fingerprint density at radius 2 is 2.06 bits per heavy atom. The van der Waals surface area contributed by atoms with Crippen LogP contribution in [0.1, 0.15) is 49.8 Å². The minimum atomic E-state index is 0.493. The zero-order chi connectivity index (χ0) is 13.0. The summed E-state index contributed by atoms with van der Waals surface area (Å²) in [6.07, 6.45) is 5.48. The van der Waals surface area contributed by atoms with Crippen LogP contribution in [0.25, 0.3) is 0 Å². The summed E-state index contributed by atoms with van der Waals surface area (Å²) in [6, 6.07) is 7.13. The third kappa shape index (κ3) is 2.86. The molecule has 0 amide bonds. The zero-order valence-corrected chi connectivity index (χ0v) is 11.8. The Morgan fingerprint density at radius 1 is 1.33 bits per heavy atom. The lowest BCUT2D eigenvalue weighted by Gasteiger charge is -2.25. The molecule has 0 bridgehead atoms. The third-order valence-electron chi connectivity index (χ3n) is 4.09. The fraction of sp³-hybridized carbons (Fsp3) is 0.625. The Labute approximate surface area is 111 Å². The van der Waals surface area contributed by atoms with E-state index in [4.69, 9.17) is 4.74 Å². The number of hydrogen-bond acceptors (Lipinski definition) is 2. The van der Waals surface area contributed by atoms with Gasteiger partial charge in [0.15, 0.2) is 0 Å². The highest BCUT2D eigenvalue weighted by atomic mass is 16.5. The predicted octanol–water partition coefficient (Wildman–Crippen LogP) is 3.84. The Balaban J connectivity index is 2.23. The van der Waals surface area contributed by atoms with E-state index in [0.29, 0.717) is 6.04 Å². The van der Waals surface area contributed by atoms with Crippen LogP contribution in [0.15, 0.2) is 18.2 Å². The minimum absolute atomic E-state index is 0.493. The van der Waals surface area contributed by atoms with Gasteiger partial charge < -0.3 is 10.1 Å². The first-order chi connectivity index (χ1) is 8.76. The molecule has 1 saturated carbocycles. The van der Waals surface area contributed by atoms with E-state index >= 15 is 0 Å². The summed E-state index contributed by atoms with van der Waals surface area (Å²) in [6.45, 7) is 5.31. The molecule has 1 fully saturated rings. The van der Waals surface area contributed by atoms with Crippen LogP contribution in [0.5, 0.6) is 5.75 Å². The maximum Gasteiger partial charge on any atom is 0.122 e. The highest BCUT2D eigenvalue weighted by Gasteiger charge is 2.25. The number of hydrogen-bond donors (Lipinski definition) is 1. The van der Waals surface area contributed by atoms with Crippen LogP contribution in [0, 0.1) is 12.8 Å². The number of benzene rings is 1. The molecule has 1 aliphatic rings. The van der Waals surface area contributed by atoms with Gasteiger partial charge in [0.05, 0.1) is 7.11 Å². The number of methoxy groups -OCH3 is 1. The van der Waals surface area contributed by atoms with Gasteiger partial charge in [-0.15, -0.1) is 0 Å². The van der Waals surface area contributed by atoms with Crippen molar-refractivity contribution in [3.63, 3.8) is 0 Å². The van der Waals surface area contributed by atoms with Crippen LogP contribution in [0.4, 0.5) is 0 Å². The molecule has 0 radical (unpaired) electrons. The summed E-state index contributed by atoms with van der Waals surface area (Å²) in [5.41, 5.74) is 2.59. The van der Waals surface area contributed by atoms with E-state index < -0.39 is 0 Å². The summed E-state index contributed by atoms with van der Waals surface area (Å²) in [4.78, 5) is 0. The van der Waals surface area contributed by atoms with Crippen molar-refractivity contribution in [1.29, 1.82) is 0 Å². The van der Waals surface area contributed by atoms with Gasteiger partial charge in [0.1, 0.15) is 5.75 Å². The first kappa shape index (κ1) is 13.4. The molecular formula is C16H25NO. The first-order valence-electron chi connectivity index (χ1n) is 7.14. The van der Waals surface area contributed by atoms with Crippen molar-refractivity contribution in [3.05, 3.63) is 29.3 Å². The molecule has 100 valence electrons. The van der Waals surface area contributed by atoms with Gasteiger partial charge in [-0.25, -0.2) is 0 Å². The SMILES string of the molecule is CCNC(c1ccc(C)c(OC)c1)C1CCCC1. The van der Waals surface area contributed by atoms with Crippen LogP contribution < -0.4 is 10.1 Å². The van der Waals surface area contributed by atoms with Crippen molar-refractivity contribution in [2.24, 2.45) is 5.92 Å². The Hall–Kier alpha value is -1.02. The van der Waals surface area contributed by atoms with Crippen molar-refractivity contribution < 1.29 is 4.74 Å². The van der Waals surface area contributed by atoms with Crippen LogP contribution in [-0.2, 0) is 0 Å². The molecule has 0 spiro atoms. The summed E-state index contributed by atoms with van der Waals surface area (Å²) < 4.78 is 5.45. The molecule has 1 atom stereocenters. The van der Waals surface area contributed by atoms with Crippen LogP contribution in [0.3, 0.4) is 0 Å². The number of nitrogens with one attached hydrogen (secondary N) is 1. The minimum Gasteiger partial charge on any atom is -0.496 e. The average Bonchev–Trinajstić information content (AvgIpc) is 2.90. The van der Waals surface area contributed by atoms with E-state index in [9.17, 15) is 0 Å². The molecule has 0 saturated heterocycles. The summed E-state index contributed by atoms with van der Waals surface area (Å²) in [5.74, 6) is 1.80. The fourth-order valence-corrected chi connectivity index (χ4v) is 3.10. The molecule has 0 heterocycles. The van der Waals surface area contributed by atoms with Gasteiger partial charge in [0, 0.05) is 6.04 Å². The summed E-state index contributed by atoms with van der Waals surface area (Å²) in [7, 11) is 1.75. The van der Waals surface area contributed by atoms with Gasteiger partial charge in [-0.3, -0.25) is 0 Å². The van der Waals surface area contributed by atoms with Crippen molar-refractivity contribution >= 4 is 0 Å². The predicted molar refractivity (Wildman–Crippen MR) is 76.1 cm³/mol. The van der Waals surface area contributed by atoms with E-state index in [1.807, 2.05) is 0 Å². The van der Waals surface area contributed by atoms with Gasteiger partial charge in [-0.05, 0) is 49.4 Å². The van der Waals surface area contributed by atoms with Gasteiger partial charge in [0.25, 0.3) is 0 Å². The monoisotopic (exact) mass is 247 g/mol. The smallest absolute Gasteiger partial charge is 0.122 e. The molecule has 1 aromatic carbocycles. The molecule has 2 heteroatoms. The quantitative estimate of drug-likeness (QED) is 0.853. The largest absolute Gasteiger partial charge is 0.496 e. The highest BCUT2D eigenvalue weighted by molar-refractivity contribution is 5.38. The topological polar surface area (TPSA) is 21.3 Å². The van der Waals surface area contributed by atoms with Crippen LogP contribution in [-0.4, -0.2) is 13.7 Å². The van der Waals surface area contributed by atoms with Crippen molar-refractivity contribution in [2.75, 3.05) is 13.7 Å². The second-order valence-corrected chi connectivity index (χ2v) is 5.31. The van der Waals surface area contributed by atoms with Gasteiger partial charge in [0.2, 0.25) is 0 Å². The van der Waals surface area contributed by atoms with Gasteiger partial charge >= 0.3 is 0 Å². The van der Waals surface area contributed by atoms with Crippen molar-refractivity contribution in [3.8, 4) is 5.75 Å². The molecular weight excluding hydrogens is 222 g/mol. The normalized spacial score (nSPS) is 17.9. The second kappa shape index (κ2) is 6.24. The summed E-state index contributed by atoms with van der Waals surface area (Å²) in [5, 5.41) is 3.66. The molecule has 2 nitrogen and oxygen atoms in total. The van der Waals surface area contributed by atoms with E-state index in [2.05, 4.69) is 37.4 Å². The standard InChI is InChI=1S/C16H25NO/c1-4-17-16(13-7-5-6-8-13)14-10-9-12(2)15(11-14)18-3/h9-11,13,16-17H,4-8H2,1-3H3. The lowest BCUT2D eigenvalue weighted by molar-refractivity contribution is 0.370. The molecule has 18 heavy (non-hydrogen) atoms. The molecule has 1 aliphatic carbocycles. The third-order valence-corrected chi connectivity index (χ3v) is 4.09. The highest BCUT2D eigenvalue weighted by Crippen LogP contribution is 2.37. The van der Waals surface area contributed by atoms with E-state index in [1.165, 1.54) is 36.8 Å². The molecule has 1 N–H and O–H groups in total. The maximum absolute atomic E-state index is 5.45.